The third kappa shape index (κ3) is 5.38. The van der Waals surface area contributed by atoms with Gasteiger partial charge in [-0.3, -0.25) is 9.59 Å². The minimum Gasteiger partial charge on any atom is -0.468 e. The lowest BCUT2D eigenvalue weighted by molar-refractivity contribution is -0.147. The van der Waals surface area contributed by atoms with E-state index in [0.29, 0.717) is 0 Å². The normalized spacial score (nSPS) is 13.3. The fourth-order valence-electron chi connectivity index (χ4n) is 1.58. The van der Waals surface area contributed by atoms with Crippen LogP contribution in [-0.4, -0.2) is 31.1 Å². The Kier molecular flexibility index (Phi) is 6.69. The Morgan fingerprint density at radius 3 is 2.15 bits per heavy atom. The van der Waals surface area contributed by atoms with Crippen LogP contribution in [0.15, 0.2) is 30.3 Å². The maximum absolute atomic E-state index is 11.7. The Balaban J connectivity index is 2.31. The standard InChI is InChI=1S/C14H20N2O4/c1-19-13(17)11(15)7-8-12(16)14(18)20-9-10-5-3-2-4-6-10/h2-6,11-12H,7-9,15-16H2,1H3/t11-,12?/m0/s1. The quantitative estimate of drug-likeness (QED) is 0.698. The first-order valence-corrected chi connectivity index (χ1v) is 6.34. The molecule has 0 aliphatic carbocycles. The van der Waals surface area contributed by atoms with Gasteiger partial charge in [0.05, 0.1) is 7.11 Å². The molecule has 4 N–H and O–H groups in total. The summed E-state index contributed by atoms with van der Waals surface area (Å²) in [6.07, 6.45) is 0.540. The maximum Gasteiger partial charge on any atom is 0.323 e. The summed E-state index contributed by atoms with van der Waals surface area (Å²) < 4.78 is 9.58. The van der Waals surface area contributed by atoms with Crippen molar-refractivity contribution in [3.63, 3.8) is 0 Å². The molecule has 1 rings (SSSR count). The molecule has 0 heterocycles. The van der Waals surface area contributed by atoms with Gasteiger partial charge in [0.25, 0.3) is 0 Å². The van der Waals surface area contributed by atoms with Crippen molar-refractivity contribution in [1.29, 1.82) is 0 Å². The van der Waals surface area contributed by atoms with Crippen LogP contribution < -0.4 is 11.5 Å². The lowest BCUT2D eigenvalue weighted by Crippen LogP contribution is -2.37. The summed E-state index contributed by atoms with van der Waals surface area (Å²) in [4.78, 5) is 22.8. The third-order valence-electron chi connectivity index (χ3n) is 2.82. The van der Waals surface area contributed by atoms with Crippen LogP contribution in [0.3, 0.4) is 0 Å². The molecule has 110 valence electrons. The minimum absolute atomic E-state index is 0.177. The highest BCUT2D eigenvalue weighted by Crippen LogP contribution is 2.05. The van der Waals surface area contributed by atoms with Crippen molar-refractivity contribution < 1.29 is 19.1 Å². The molecular weight excluding hydrogens is 260 g/mol. The Hall–Kier alpha value is -1.92. The maximum atomic E-state index is 11.7. The van der Waals surface area contributed by atoms with E-state index in [9.17, 15) is 9.59 Å². The van der Waals surface area contributed by atoms with Gasteiger partial charge in [0.1, 0.15) is 18.7 Å². The SMILES string of the molecule is COC(=O)[C@@H](N)CCC(N)C(=O)OCc1ccccc1. The molecule has 0 aliphatic rings. The predicted octanol–water partition coefficient (Wildman–Crippen LogP) is 0.338. The Morgan fingerprint density at radius 1 is 1.05 bits per heavy atom. The number of esters is 2. The highest BCUT2D eigenvalue weighted by Gasteiger charge is 2.20. The van der Waals surface area contributed by atoms with Crippen LogP contribution in [0.2, 0.25) is 0 Å². The summed E-state index contributed by atoms with van der Waals surface area (Å²) in [6, 6.07) is 7.74. The molecule has 0 fully saturated rings. The van der Waals surface area contributed by atoms with Crippen molar-refractivity contribution in [3.05, 3.63) is 35.9 Å². The highest BCUT2D eigenvalue weighted by molar-refractivity contribution is 5.77. The van der Waals surface area contributed by atoms with E-state index in [1.54, 1.807) is 0 Å². The van der Waals surface area contributed by atoms with E-state index in [1.807, 2.05) is 30.3 Å². The van der Waals surface area contributed by atoms with E-state index in [4.69, 9.17) is 16.2 Å². The molecular formula is C14H20N2O4. The number of hydrogen-bond donors (Lipinski definition) is 2. The second-order valence-electron chi connectivity index (χ2n) is 4.41. The van der Waals surface area contributed by atoms with E-state index in [1.165, 1.54) is 7.11 Å². The van der Waals surface area contributed by atoms with Crippen molar-refractivity contribution in [2.24, 2.45) is 11.5 Å². The topological polar surface area (TPSA) is 105 Å². The molecule has 0 saturated heterocycles. The summed E-state index contributed by atoms with van der Waals surface area (Å²) in [7, 11) is 1.26. The number of carbonyl (C=O) groups is 2. The molecule has 0 aromatic heterocycles. The zero-order valence-corrected chi connectivity index (χ0v) is 11.5. The van der Waals surface area contributed by atoms with Crippen LogP contribution in [0.5, 0.6) is 0 Å². The summed E-state index contributed by atoms with van der Waals surface area (Å²) >= 11 is 0. The molecule has 0 spiro atoms. The van der Waals surface area contributed by atoms with Gasteiger partial charge in [-0.25, -0.2) is 0 Å². The molecule has 1 unspecified atom stereocenters. The van der Waals surface area contributed by atoms with Crippen LogP contribution in [0.4, 0.5) is 0 Å². The van der Waals surface area contributed by atoms with Gasteiger partial charge in [-0.05, 0) is 18.4 Å². The smallest absolute Gasteiger partial charge is 0.323 e. The zero-order chi connectivity index (χ0) is 15.0. The molecule has 0 radical (unpaired) electrons. The molecule has 2 atom stereocenters. The van der Waals surface area contributed by atoms with Gasteiger partial charge in [0.2, 0.25) is 0 Å². The van der Waals surface area contributed by atoms with Crippen LogP contribution in [0, 0.1) is 0 Å². The Labute approximate surface area is 118 Å². The summed E-state index contributed by atoms with van der Waals surface area (Å²) in [6.45, 7) is 0.177. The molecule has 0 aliphatic heterocycles. The van der Waals surface area contributed by atoms with Crippen molar-refractivity contribution in [1.82, 2.24) is 0 Å². The van der Waals surface area contributed by atoms with E-state index < -0.39 is 24.0 Å². The number of nitrogens with two attached hydrogens (primary N) is 2. The van der Waals surface area contributed by atoms with Crippen LogP contribution >= 0.6 is 0 Å². The molecule has 20 heavy (non-hydrogen) atoms. The second kappa shape index (κ2) is 8.29. The first kappa shape index (κ1) is 16.1. The lowest BCUT2D eigenvalue weighted by Gasteiger charge is -2.13. The first-order valence-electron chi connectivity index (χ1n) is 6.34. The molecule has 0 saturated carbocycles. The van der Waals surface area contributed by atoms with Crippen molar-refractivity contribution >= 4 is 11.9 Å². The zero-order valence-electron chi connectivity index (χ0n) is 11.5. The van der Waals surface area contributed by atoms with Gasteiger partial charge in [0.15, 0.2) is 0 Å². The average molecular weight is 280 g/mol. The highest BCUT2D eigenvalue weighted by atomic mass is 16.5. The van der Waals surface area contributed by atoms with Gasteiger partial charge < -0.3 is 20.9 Å². The van der Waals surface area contributed by atoms with Gasteiger partial charge in [-0.15, -0.1) is 0 Å². The van der Waals surface area contributed by atoms with E-state index in [0.717, 1.165) is 5.56 Å². The monoisotopic (exact) mass is 280 g/mol. The number of methoxy groups -OCH3 is 1. The number of ether oxygens (including phenoxy) is 2. The predicted molar refractivity (Wildman–Crippen MR) is 73.4 cm³/mol. The van der Waals surface area contributed by atoms with Crippen LogP contribution in [0.1, 0.15) is 18.4 Å². The number of hydrogen-bond acceptors (Lipinski definition) is 6. The van der Waals surface area contributed by atoms with Crippen LogP contribution in [-0.2, 0) is 25.7 Å². The van der Waals surface area contributed by atoms with Gasteiger partial charge >= 0.3 is 11.9 Å². The first-order chi connectivity index (χ1) is 9.54. The average Bonchev–Trinajstić information content (AvgIpc) is 2.49. The Morgan fingerprint density at radius 2 is 1.60 bits per heavy atom. The fourth-order valence-corrected chi connectivity index (χ4v) is 1.58. The third-order valence-corrected chi connectivity index (χ3v) is 2.82. The lowest BCUT2D eigenvalue weighted by atomic mass is 10.1. The second-order valence-corrected chi connectivity index (χ2v) is 4.41. The van der Waals surface area contributed by atoms with E-state index in [-0.39, 0.29) is 19.4 Å². The summed E-state index contributed by atoms with van der Waals surface area (Å²) in [5.74, 6) is -1.03. The van der Waals surface area contributed by atoms with E-state index in [2.05, 4.69) is 4.74 Å². The summed E-state index contributed by atoms with van der Waals surface area (Å²) in [5, 5.41) is 0. The van der Waals surface area contributed by atoms with Crippen LogP contribution in [0.25, 0.3) is 0 Å². The van der Waals surface area contributed by atoms with Crippen molar-refractivity contribution in [3.8, 4) is 0 Å². The molecule has 0 bridgehead atoms. The van der Waals surface area contributed by atoms with Gasteiger partial charge in [-0.2, -0.15) is 0 Å². The van der Waals surface area contributed by atoms with Crippen molar-refractivity contribution in [2.75, 3.05) is 7.11 Å². The minimum atomic E-state index is -0.797. The molecule has 1 aromatic rings. The Bertz CT molecular complexity index is 436. The number of carbonyl (C=O) groups excluding carboxylic acids is 2. The molecule has 1 aromatic carbocycles. The van der Waals surface area contributed by atoms with E-state index >= 15 is 0 Å². The van der Waals surface area contributed by atoms with Gasteiger partial charge in [-0.1, -0.05) is 30.3 Å². The number of rotatable bonds is 7. The van der Waals surface area contributed by atoms with Crippen molar-refractivity contribution in [2.45, 2.75) is 31.5 Å². The fraction of sp³-hybridized carbons (Fsp3) is 0.429. The number of benzene rings is 1. The molecule has 6 nitrogen and oxygen atoms in total. The molecule has 6 heteroatoms. The molecule has 0 amide bonds. The van der Waals surface area contributed by atoms with Gasteiger partial charge in [0, 0.05) is 0 Å². The largest absolute Gasteiger partial charge is 0.468 e. The summed E-state index contributed by atoms with van der Waals surface area (Å²) in [5.41, 5.74) is 12.1.